The smallest absolute Gasteiger partial charge is 0.225 e. The van der Waals surface area contributed by atoms with Crippen LogP contribution in [0.2, 0.25) is 0 Å². The third-order valence-electron chi connectivity index (χ3n) is 4.62. The van der Waals surface area contributed by atoms with E-state index in [1.165, 1.54) is 0 Å². The van der Waals surface area contributed by atoms with Gasteiger partial charge in [-0.05, 0) is 18.1 Å². The van der Waals surface area contributed by atoms with Crippen LogP contribution in [0.15, 0.2) is 64.2 Å². The van der Waals surface area contributed by atoms with E-state index >= 15 is 0 Å². The lowest BCUT2D eigenvalue weighted by Gasteiger charge is -2.19. The summed E-state index contributed by atoms with van der Waals surface area (Å²) in [5.74, 6) is 0.653. The van der Waals surface area contributed by atoms with Crippen molar-refractivity contribution in [1.29, 1.82) is 0 Å². The molecule has 2 bridgehead atoms. The lowest BCUT2D eigenvalue weighted by Crippen LogP contribution is -2.25. The van der Waals surface area contributed by atoms with E-state index in [0.29, 0.717) is 23.5 Å². The first-order chi connectivity index (χ1) is 12.1. The van der Waals surface area contributed by atoms with Crippen molar-refractivity contribution >= 4 is 23.0 Å². The Morgan fingerprint density at radius 2 is 1.52 bits per heavy atom. The molecular formula is C21H19N3O. The Hall–Kier alpha value is -3.01. The van der Waals surface area contributed by atoms with Crippen molar-refractivity contribution in [2.45, 2.75) is 13.3 Å². The van der Waals surface area contributed by atoms with Gasteiger partial charge in [-0.15, -0.1) is 0 Å². The molecule has 0 unspecified atom stereocenters. The summed E-state index contributed by atoms with van der Waals surface area (Å²) in [5, 5.41) is 0. The van der Waals surface area contributed by atoms with Crippen molar-refractivity contribution in [3.63, 3.8) is 0 Å². The SMILES string of the molecule is Cc1ccccc1C1=C2CC(=NC(N(C)C)=N2)c2ccccc2C1=O. The number of Topliss-reactive ketones (excluding diaryl/α,β-unsaturated/α-hetero) is 1. The molecule has 2 aromatic rings. The number of hydrogen-bond acceptors (Lipinski definition) is 4. The van der Waals surface area contributed by atoms with Crippen LogP contribution in [0, 0.1) is 6.92 Å². The topological polar surface area (TPSA) is 45.0 Å². The molecule has 0 amide bonds. The second kappa shape index (κ2) is 5.81. The first-order valence-electron chi connectivity index (χ1n) is 8.33. The molecule has 124 valence electrons. The Morgan fingerprint density at radius 3 is 2.20 bits per heavy atom. The molecule has 1 aliphatic heterocycles. The van der Waals surface area contributed by atoms with Gasteiger partial charge >= 0.3 is 0 Å². The second-order valence-corrected chi connectivity index (χ2v) is 6.55. The van der Waals surface area contributed by atoms with Crippen molar-refractivity contribution in [3.05, 3.63) is 76.5 Å². The number of carbonyl (C=O) groups is 1. The molecule has 0 fully saturated rings. The molecule has 2 aliphatic rings. The first kappa shape index (κ1) is 15.5. The van der Waals surface area contributed by atoms with Crippen LogP contribution >= 0.6 is 0 Å². The molecule has 0 radical (unpaired) electrons. The summed E-state index contributed by atoms with van der Waals surface area (Å²) < 4.78 is 0. The zero-order valence-corrected chi connectivity index (χ0v) is 14.6. The number of ketones is 1. The number of carbonyl (C=O) groups excluding carboxylic acids is 1. The van der Waals surface area contributed by atoms with Gasteiger partial charge in [-0.1, -0.05) is 48.5 Å². The maximum Gasteiger partial charge on any atom is 0.225 e. The number of fused-ring (bicyclic) bond motifs is 4. The Balaban J connectivity index is 2.06. The lowest BCUT2D eigenvalue weighted by atomic mass is 9.92. The normalized spacial score (nSPS) is 16.0. The predicted octanol–water partition coefficient (Wildman–Crippen LogP) is 3.71. The molecule has 2 aromatic carbocycles. The summed E-state index contributed by atoms with van der Waals surface area (Å²) in [6.07, 6.45) is 0.573. The van der Waals surface area contributed by atoms with E-state index < -0.39 is 0 Å². The van der Waals surface area contributed by atoms with Crippen molar-refractivity contribution in [2.24, 2.45) is 9.98 Å². The van der Waals surface area contributed by atoms with E-state index in [1.54, 1.807) is 0 Å². The Bertz CT molecular complexity index is 980. The summed E-state index contributed by atoms with van der Waals surface area (Å²) in [7, 11) is 3.84. The zero-order chi connectivity index (χ0) is 17.6. The molecule has 4 rings (SSSR count). The predicted molar refractivity (Wildman–Crippen MR) is 101 cm³/mol. The quantitative estimate of drug-likeness (QED) is 0.800. The lowest BCUT2D eigenvalue weighted by molar-refractivity contribution is 0.105. The number of guanidine groups is 1. The van der Waals surface area contributed by atoms with Crippen LogP contribution in [0.25, 0.3) is 5.57 Å². The summed E-state index contributed by atoms with van der Waals surface area (Å²) >= 11 is 0. The summed E-state index contributed by atoms with van der Waals surface area (Å²) in [4.78, 5) is 24.7. The van der Waals surface area contributed by atoms with Gasteiger partial charge < -0.3 is 4.90 Å². The van der Waals surface area contributed by atoms with Crippen LogP contribution in [0.5, 0.6) is 0 Å². The van der Waals surface area contributed by atoms with Gasteiger partial charge in [0.05, 0.1) is 17.0 Å². The number of aliphatic imine (C=N–C) groups is 2. The van der Waals surface area contributed by atoms with Crippen LogP contribution in [0.1, 0.15) is 33.5 Å². The molecule has 4 heteroatoms. The molecule has 25 heavy (non-hydrogen) atoms. The van der Waals surface area contributed by atoms with Crippen LogP contribution < -0.4 is 0 Å². The van der Waals surface area contributed by atoms with Gasteiger partial charge in [-0.3, -0.25) is 4.79 Å². The highest BCUT2D eigenvalue weighted by atomic mass is 16.1. The molecule has 0 spiro atoms. The van der Waals surface area contributed by atoms with Gasteiger partial charge in [0.1, 0.15) is 0 Å². The summed E-state index contributed by atoms with van der Waals surface area (Å²) in [6.45, 7) is 2.03. The van der Waals surface area contributed by atoms with Gasteiger partial charge in [-0.25, -0.2) is 9.98 Å². The fraction of sp³-hybridized carbons (Fsp3) is 0.190. The van der Waals surface area contributed by atoms with Gasteiger partial charge in [-0.2, -0.15) is 0 Å². The largest absolute Gasteiger partial charge is 0.347 e. The van der Waals surface area contributed by atoms with Crippen LogP contribution in [0.4, 0.5) is 0 Å². The van der Waals surface area contributed by atoms with E-state index in [4.69, 9.17) is 9.98 Å². The van der Waals surface area contributed by atoms with Crippen molar-refractivity contribution in [2.75, 3.05) is 14.1 Å². The maximum atomic E-state index is 13.4. The number of nitrogens with zero attached hydrogens (tertiary/aromatic N) is 3. The minimum atomic E-state index is 0.0221. The summed E-state index contributed by atoms with van der Waals surface area (Å²) in [6, 6.07) is 15.7. The third-order valence-corrected chi connectivity index (χ3v) is 4.62. The van der Waals surface area contributed by atoms with Gasteiger partial charge in [0.2, 0.25) is 5.96 Å². The molecule has 0 N–H and O–H groups in total. The van der Waals surface area contributed by atoms with Crippen molar-refractivity contribution in [1.82, 2.24) is 4.90 Å². The maximum absolute atomic E-state index is 13.4. The fourth-order valence-corrected chi connectivity index (χ4v) is 3.33. The molecule has 0 aromatic heterocycles. The number of aryl methyl sites for hydroxylation is 1. The standard InChI is InChI=1S/C21H19N3O/c1-13-8-4-5-9-14(13)19-18-12-17(22-21(23-18)24(2)3)15-10-6-7-11-16(15)20(19)25/h4-11H,12H2,1-3H3. The Kier molecular flexibility index (Phi) is 3.61. The highest BCUT2D eigenvalue weighted by Gasteiger charge is 2.31. The number of hydrogen-bond donors (Lipinski definition) is 0. The highest BCUT2D eigenvalue weighted by Crippen LogP contribution is 2.35. The third kappa shape index (κ3) is 2.50. The van der Waals surface area contributed by atoms with E-state index in [1.807, 2.05) is 74.4 Å². The van der Waals surface area contributed by atoms with E-state index in [0.717, 1.165) is 28.1 Å². The number of benzene rings is 2. The van der Waals surface area contributed by atoms with E-state index in [-0.39, 0.29) is 5.78 Å². The molecule has 1 aliphatic carbocycles. The average Bonchev–Trinajstić information content (AvgIpc) is 2.70. The Labute approximate surface area is 147 Å². The van der Waals surface area contributed by atoms with E-state index in [2.05, 4.69) is 0 Å². The minimum Gasteiger partial charge on any atom is -0.347 e. The Morgan fingerprint density at radius 1 is 0.880 bits per heavy atom. The van der Waals surface area contributed by atoms with Crippen molar-refractivity contribution < 1.29 is 4.79 Å². The van der Waals surface area contributed by atoms with Gasteiger partial charge in [0.15, 0.2) is 5.78 Å². The van der Waals surface area contributed by atoms with Crippen LogP contribution in [0.3, 0.4) is 0 Å². The number of rotatable bonds is 1. The molecule has 0 atom stereocenters. The first-order valence-corrected chi connectivity index (χ1v) is 8.33. The van der Waals surface area contributed by atoms with Crippen LogP contribution in [-0.4, -0.2) is 36.4 Å². The number of allylic oxidation sites excluding steroid dienone is 2. The highest BCUT2D eigenvalue weighted by molar-refractivity contribution is 6.35. The monoisotopic (exact) mass is 329 g/mol. The zero-order valence-electron chi connectivity index (χ0n) is 14.6. The molecule has 0 saturated heterocycles. The van der Waals surface area contributed by atoms with E-state index in [9.17, 15) is 4.79 Å². The van der Waals surface area contributed by atoms with Gasteiger partial charge in [0, 0.05) is 31.6 Å². The van der Waals surface area contributed by atoms with Crippen LogP contribution in [-0.2, 0) is 0 Å². The molecule has 0 saturated carbocycles. The minimum absolute atomic E-state index is 0.0221. The molecule has 1 heterocycles. The van der Waals surface area contributed by atoms with Crippen molar-refractivity contribution in [3.8, 4) is 0 Å². The molecule has 4 nitrogen and oxygen atoms in total. The fourth-order valence-electron chi connectivity index (χ4n) is 3.33. The summed E-state index contributed by atoms with van der Waals surface area (Å²) in [5.41, 5.74) is 6.01. The molecular weight excluding hydrogens is 310 g/mol. The second-order valence-electron chi connectivity index (χ2n) is 6.55. The van der Waals surface area contributed by atoms with Gasteiger partial charge in [0.25, 0.3) is 0 Å². The average molecular weight is 329 g/mol.